The highest BCUT2D eigenvalue weighted by molar-refractivity contribution is 7.37. The topological polar surface area (TPSA) is 0 Å². The van der Waals surface area contributed by atoms with Crippen LogP contribution in [0.1, 0.15) is 105 Å². The first-order valence-corrected chi connectivity index (χ1v) is 27.1. The van der Waals surface area contributed by atoms with Crippen LogP contribution in [0.25, 0.3) is 72.7 Å². The SMILES string of the molecule is Cc1ccc2cccc3c(C#C[Si](C(C)C)(C(C)C)C(C)C)c4sc5c(sc6c(C#C[Si](C(C)C)(C(C)C)C(C)C)c7cccc8ccc(C)c(c87)c65)c4c1c23. The van der Waals surface area contributed by atoms with E-state index in [0.717, 1.165) is 0 Å². The maximum absolute atomic E-state index is 4.18. The van der Waals surface area contributed by atoms with Crippen LogP contribution in [0, 0.1) is 36.8 Å². The van der Waals surface area contributed by atoms with Crippen molar-refractivity contribution < 1.29 is 0 Å². The van der Waals surface area contributed by atoms with Gasteiger partial charge in [-0.2, -0.15) is 0 Å². The predicted molar refractivity (Wildman–Crippen MR) is 261 cm³/mol. The van der Waals surface area contributed by atoms with E-state index < -0.39 is 16.1 Å². The van der Waals surface area contributed by atoms with Crippen molar-refractivity contribution in [2.45, 2.75) is 130 Å². The van der Waals surface area contributed by atoms with E-state index in [-0.39, 0.29) is 0 Å². The van der Waals surface area contributed by atoms with Crippen LogP contribution in [0.4, 0.5) is 0 Å². The monoisotopic (exact) mass is 802 g/mol. The molecule has 0 aliphatic rings. The summed E-state index contributed by atoms with van der Waals surface area (Å²) in [5.41, 5.74) is 17.0. The third-order valence-corrected chi connectivity index (χ3v) is 29.2. The van der Waals surface area contributed by atoms with Crippen LogP contribution in [-0.2, 0) is 0 Å². The van der Waals surface area contributed by atoms with Crippen molar-refractivity contribution in [1.29, 1.82) is 0 Å². The second kappa shape index (κ2) is 14.0. The van der Waals surface area contributed by atoms with Crippen LogP contribution in [0.3, 0.4) is 0 Å². The van der Waals surface area contributed by atoms with Gasteiger partial charge >= 0.3 is 0 Å². The lowest BCUT2D eigenvalue weighted by Gasteiger charge is -2.38. The molecule has 56 heavy (non-hydrogen) atoms. The summed E-state index contributed by atoms with van der Waals surface area (Å²) in [5, 5.41) is 13.6. The van der Waals surface area contributed by atoms with Gasteiger partial charge in [0.15, 0.2) is 0 Å². The van der Waals surface area contributed by atoms with Crippen LogP contribution in [0.2, 0.25) is 33.2 Å². The van der Waals surface area contributed by atoms with Gasteiger partial charge in [-0.3, -0.25) is 0 Å². The average Bonchev–Trinajstić information content (AvgIpc) is 3.68. The summed E-state index contributed by atoms with van der Waals surface area (Å²) >= 11 is 4.01. The molecule has 0 nitrogen and oxygen atoms in total. The molecule has 0 saturated heterocycles. The predicted octanol–water partition coefficient (Wildman–Crippen LogP) is 17.1. The minimum atomic E-state index is -1.99. The summed E-state index contributed by atoms with van der Waals surface area (Å²) in [6.45, 7) is 33.8. The Morgan fingerprint density at radius 3 is 1.05 bits per heavy atom. The maximum atomic E-state index is 4.18. The van der Waals surface area contributed by atoms with Gasteiger partial charge in [0, 0.05) is 21.9 Å². The molecular formula is C52H58S2Si2. The fraction of sp³-hybridized carbons (Fsp3) is 0.385. The van der Waals surface area contributed by atoms with Gasteiger partial charge in [0.1, 0.15) is 16.1 Å². The molecule has 0 atom stereocenters. The van der Waals surface area contributed by atoms with E-state index in [1.807, 2.05) is 22.7 Å². The van der Waals surface area contributed by atoms with E-state index in [1.165, 1.54) is 94.9 Å². The van der Waals surface area contributed by atoms with Gasteiger partial charge in [-0.15, -0.1) is 33.8 Å². The fourth-order valence-electron chi connectivity index (χ4n) is 11.5. The number of thiophene rings is 2. The third-order valence-electron chi connectivity index (χ3n) is 14.1. The van der Waals surface area contributed by atoms with Gasteiger partial charge in [-0.25, -0.2) is 0 Å². The molecule has 0 aliphatic carbocycles. The van der Waals surface area contributed by atoms with Crippen molar-refractivity contribution in [2.24, 2.45) is 0 Å². The number of hydrogen-bond donors (Lipinski definition) is 0. The number of aryl methyl sites for hydroxylation is 2. The zero-order valence-corrected chi connectivity index (χ0v) is 39.7. The second-order valence-electron chi connectivity index (χ2n) is 18.6. The number of hydrogen-bond acceptors (Lipinski definition) is 2. The van der Waals surface area contributed by atoms with E-state index >= 15 is 0 Å². The minimum absolute atomic E-state index is 0.574. The molecule has 0 N–H and O–H groups in total. The van der Waals surface area contributed by atoms with E-state index in [2.05, 4.69) is 181 Å². The lowest BCUT2D eigenvalue weighted by Crippen LogP contribution is -2.43. The Kier molecular flexibility index (Phi) is 9.82. The van der Waals surface area contributed by atoms with Crippen molar-refractivity contribution in [1.82, 2.24) is 0 Å². The molecule has 0 radical (unpaired) electrons. The standard InChI is InChI=1S/C52H58S2Si2/c1-29(2)55(30(3)4,31(5)6)27-25-41-39-19-15-17-37-23-21-35(13)43(45(37)39)47-49(41)53-52-48-44-36(14)22-24-38-18-16-20-40(46(38)44)42(50(48)54-51(47)52)26-28-56(32(7)8,33(9)10)34(11)12/h15-24,29-34H,1-14H3. The molecule has 4 heteroatoms. The first kappa shape index (κ1) is 39.2. The molecule has 2 heterocycles. The molecular weight excluding hydrogens is 745 g/mol. The summed E-state index contributed by atoms with van der Waals surface area (Å²) in [7, 11) is -3.99. The molecule has 8 rings (SSSR count). The van der Waals surface area contributed by atoms with Gasteiger partial charge in [0.2, 0.25) is 0 Å². The normalized spacial score (nSPS) is 13.1. The number of rotatable bonds is 6. The molecule has 0 saturated carbocycles. The smallest absolute Gasteiger partial charge is 0.132 e. The zero-order chi connectivity index (χ0) is 40.2. The summed E-state index contributed by atoms with van der Waals surface area (Å²) in [6.07, 6.45) is 0. The van der Waals surface area contributed by atoms with Gasteiger partial charge in [0.25, 0.3) is 0 Å². The number of fused-ring (bicyclic) bond motifs is 7. The highest BCUT2D eigenvalue weighted by atomic mass is 32.1. The zero-order valence-electron chi connectivity index (χ0n) is 36.1. The summed E-state index contributed by atoms with van der Waals surface area (Å²) in [5.74, 6) is 8.12. The van der Waals surface area contributed by atoms with E-state index in [4.69, 9.17) is 0 Å². The Morgan fingerprint density at radius 2 is 0.732 bits per heavy atom. The molecule has 0 fully saturated rings. The lowest BCUT2D eigenvalue weighted by molar-refractivity contribution is 0.838. The Hall–Kier alpha value is -3.65. The third kappa shape index (κ3) is 5.43. The Labute approximate surface area is 345 Å². The molecule has 0 amide bonds. The van der Waals surface area contributed by atoms with Crippen LogP contribution < -0.4 is 0 Å². The molecule has 6 aromatic carbocycles. The number of benzene rings is 6. The van der Waals surface area contributed by atoms with Crippen LogP contribution in [-0.4, -0.2) is 16.1 Å². The quantitative estimate of drug-likeness (QED) is 0.116. The van der Waals surface area contributed by atoms with Gasteiger partial charge in [-0.1, -0.05) is 156 Å². The fourth-order valence-corrected chi connectivity index (χ4v) is 24.8. The Balaban J connectivity index is 1.61. The summed E-state index contributed by atoms with van der Waals surface area (Å²) in [6, 6.07) is 23.1. The first-order chi connectivity index (χ1) is 26.6. The highest BCUT2D eigenvalue weighted by Gasteiger charge is 2.43. The second-order valence-corrected chi connectivity index (χ2v) is 31.8. The van der Waals surface area contributed by atoms with E-state index in [0.29, 0.717) is 33.2 Å². The van der Waals surface area contributed by atoms with Crippen molar-refractivity contribution in [2.75, 3.05) is 0 Å². The maximum Gasteiger partial charge on any atom is 0.146 e. The van der Waals surface area contributed by atoms with Crippen molar-refractivity contribution in [3.8, 4) is 22.9 Å². The van der Waals surface area contributed by atoms with Crippen LogP contribution in [0.5, 0.6) is 0 Å². The molecule has 0 bridgehead atoms. The first-order valence-electron chi connectivity index (χ1n) is 21.0. The van der Waals surface area contributed by atoms with Gasteiger partial charge < -0.3 is 0 Å². The molecule has 2 aromatic heterocycles. The summed E-state index contributed by atoms with van der Waals surface area (Å²) in [4.78, 5) is 0. The van der Waals surface area contributed by atoms with Crippen LogP contribution >= 0.6 is 22.7 Å². The molecule has 0 aliphatic heterocycles. The molecule has 286 valence electrons. The van der Waals surface area contributed by atoms with E-state index in [1.54, 1.807) is 0 Å². The minimum Gasteiger partial charge on any atom is -0.132 e. The van der Waals surface area contributed by atoms with Crippen LogP contribution in [0.15, 0.2) is 60.7 Å². The Bertz CT molecular complexity index is 2730. The highest BCUT2D eigenvalue weighted by Crippen LogP contribution is 2.54. The molecule has 8 aromatic rings. The largest absolute Gasteiger partial charge is 0.146 e. The van der Waals surface area contributed by atoms with Gasteiger partial charge in [0.05, 0.1) is 18.8 Å². The lowest BCUT2D eigenvalue weighted by atomic mass is 9.91. The Morgan fingerprint density at radius 1 is 0.393 bits per heavy atom. The van der Waals surface area contributed by atoms with E-state index in [9.17, 15) is 0 Å². The summed E-state index contributed by atoms with van der Waals surface area (Å²) < 4.78 is 5.53. The van der Waals surface area contributed by atoms with Crippen molar-refractivity contribution >= 4 is 111 Å². The molecule has 0 spiro atoms. The van der Waals surface area contributed by atoms with Crippen molar-refractivity contribution in [3.05, 3.63) is 82.9 Å². The average molecular weight is 803 g/mol. The van der Waals surface area contributed by atoms with Crippen molar-refractivity contribution in [3.63, 3.8) is 0 Å². The molecule has 0 unspecified atom stereocenters. The van der Waals surface area contributed by atoms with Gasteiger partial charge in [-0.05, 0) is 101 Å².